The number of amides is 2. The van der Waals surface area contributed by atoms with Gasteiger partial charge in [-0.05, 0) is 37.4 Å². The maximum atomic E-state index is 11.8. The lowest BCUT2D eigenvalue weighted by Crippen LogP contribution is -2.45. The van der Waals surface area contributed by atoms with Crippen LogP contribution in [0.15, 0.2) is 24.3 Å². The fourth-order valence-electron chi connectivity index (χ4n) is 1.61. The summed E-state index contributed by atoms with van der Waals surface area (Å²) in [5.41, 5.74) is 5.58. The molecule has 1 aromatic carbocycles. The molecule has 0 aliphatic carbocycles. The Morgan fingerprint density at radius 3 is 2.48 bits per heavy atom. The van der Waals surface area contributed by atoms with E-state index in [1.807, 2.05) is 6.26 Å². The summed E-state index contributed by atoms with van der Waals surface area (Å²) in [5.74, 6) is -0.174. The van der Waals surface area contributed by atoms with E-state index in [-0.39, 0.29) is 24.9 Å². The van der Waals surface area contributed by atoms with E-state index in [9.17, 15) is 14.7 Å². The Balaban J connectivity index is 2.36. The zero-order chi connectivity index (χ0) is 15.9. The Hall–Kier alpha value is -1.73. The van der Waals surface area contributed by atoms with Gasteiger partial charge in [0.25, 0.3) is 5.91 Å². The second kappa shape index (κ2) is 7.90. The predicted molar refractivity (Wildman–Crippen MR) is 85.2 cm³/mol. The van der Waals surface area contributed by atoms with Crippen molar-refractivity contribution >= 4 is 29.3 Å². The number of benzene rings is 1. The minimum Gasteiger partial charge on any atom is -0.399 e. The molecule has 1 aromatic rings. The van der Waals surface area contributed by atoms with Crippen LogP contribution >= 0.6 is 11.8 Å². The van der Waals surface area contributed by atoms with Crippen molar-refractivity contribution in [1.82, 2.24) is 10.6 Å². The molecule has 0 spiro atoms. The molecule has 0 aliphatic heterocycles. The normalized spacial score (nSPS) is 13.3. The third-order valence-corrected chi connectivity index (χ3v) is 3.61. The number of nitrogens with two attached hydrogens (primary N) is 1. The van der Waals surface area contributed by atoms with E-state index in [1.54, 1.807) is 31.2 Å². The number of rotatable bonds is 7. The maximum Gasteiger partial charge on any atom is 0.251 e. The summed E-state index contributed by atoms with van der Waals surface area (Å²) in [5, 5.41) is 15.0. The third-order valence-electron chi connectivity index (χ3n) is 2.70. The number of nitrogens with one attached hydrogen (secondary N) is 2. The van der Waals surface area contributed by atoms with E-state index < -0.39 is 5.60 Å². The summed E-state index contributed by atoms with van der Waals surface area (Å²) in [6, 6.07) is 6.42. The van der Waals surface area contributed by atoms with Gasteiger partial charge in [-0.3, -0.25) is 9.59 Å². The van der Waals surface area contributed by atoms with Gasteiger partial charge in [0.1, 0.15) is 0 Å². The van der Waals surface area contributed by atoms with E-state index in [0.717, 1.165) is 0 Å². The smallest absolute Gasteiger partial charge is 0.251 e. The molecule has 0 fully saturated rings. The lowest BCUT2D eigenvalue weighted by Gasteiger charge is -2.22. The number of thioether (sulfide) groups is 1. The van der Waals surface area contributed by atoms with Crippen molar-refractivity contribution in [1.29, 1.82) is 0 Å². The summed E-state index contributed by atoms with van der Waals surface area (Å²) >= 11 is 1.50. The SMILES string of the molecule is CSCC(C)(O)CNC(=O)CNC(=O)c1ccc(N)cc1. The number of carbonyl (C=O) groups excluding carboxylic acids is 2. The number of aliphatic hydroxyl groups is 1. The highest BCUT2D eigenvalue weighted by molar-refractivity contribution is 7.98. The molecule has 1 rings (SSSR count). The largest absolute Gasteiger partial charge is 0.399 e. The molecule has 2 amide bonds. The molecule has 0 saturated carbocycles. The molecule has 0 bridgehead atoms. The van der Waals surface area contributed by atoms with Crippen molar-refractivity contribution in [2.75, 3.05) is 30.8 Å². The zero-order valence-corrected chi connectivity index (χ0v) is 13.0. The van der Waals surface area contributed by atoms with Gasteiger partial charge >= 0.3 is 0 Å². The Bertz CT molecular complexity index is 489. The molecule has 0 aromatic heterocycles. The highest BCUT2D eigenvalue weighted by Gasteiger charge is 2.20. The van der Waals surface area contributed by atoms with Crippen LogP contribution in [-0.4, -0.2) is 47.6 Å². The van der Waals surface area contributed by atoms with Crippen LogP contribution < -0.4 is 16.4 Å². The van der Waals surface area contributed by atoms with Crippen LogP contribution in [-0.2, 0) is 4.79 Å². The summed E-state index contributed by atoms with van der Waals surface area (Å²) < 4.78 is 0. The van der Waals surface area contributed by atoms with E-state index in [1.165, 1.54) is 11.8 Å². The molecule has 5 N–H and O–H groups in total. The lowest BCUT2D eigenvalue weighted by molar-refractivity contribution is -0.121. The predicted octanol–water partition coefficient (Wildman–Crippen LogP) is 0.229. The molecule has 7 heteroatoms. The summed E-state index contributed by atoms with van der Waals surface area (Å²) in [7, 11) is 0. The van der Waals surface area contributed by atoms with E-state index in [2.05, 4.69) is 10.6 Å². The van der Waals surface area contributed by atoms with Crippen molar-refractivity contribution < 1.29 is 14.7 Å². The van der Waals surface area contributed by atoms with Crippen molar-refractivity contribution in [3.63, 3.8) is 0 Å². The quantitative estimate of drug-likeness (QED) is 0.540. The number of carbonyl (C=O) groups is 2. The summed E-state index contributed by atoms with van der Waals surface area (Å²) in [6.45, 7) is 1.65. The van der Waals surface area contributed by atoms with Gasteiger partial charge in [-0.2, -0.15) is 11.8 Å². The Kier molecular flexibility index (Phi) is 6.51. The minimum absolute atomic E-state index is 0.140. The lowest BCUT2D eigenvalue weighted by atomic mass is 10.1. The molecule has 21 heavy (non-hydrogen) atoms. The second-order valence-electron chi connectivity index (χ2n) is 5.01. The van der Waals surface area contributed by atoms with Gasteiger partial charge in [0.2, 0.25) is 5.91 Å². The first-order chi connectivity index (χ1) is 9.84. The third kappa shape index (κ3) is 6.50. The molecule has 0 radical (unpaired) electrons. The molecule has 6 nitrogen and oxygen atoms in total. The van der Waals surface area contributed by atoms with E-state index >= 15 is 0 Å². The summed E-state index contributed by atoms with van der Waals surface area (Å²) in [6.07, 6.45) is 1.88. The summed E-state index contributed by atoms with van der Waals surface area (Å²) in [4.78, 5) is 23.4. The minimum atomic E-state index is -0.962. The standard InChI is InChI=1S/C14H21N3O3S/c1-14(20,9-21-2)8-17-12(18)7-16-13(19)10-3-5-11(15)6-4-10/h3-6,20H,7-9,15H2,1-2H3,(H,16,19)(H,17,18). The van der Waals surface area contributed by atoms with E-state index in [0.29, 0.717) is 17.0 Å². The van der Waals surface area contributed by atoms with Crippen molar-refractivity contribution in [3.05, 3.63) is 29.8 Å². The molecule has 116 valence electrons. The molecule has 1 unspecified atom stereocenters. The maximum absolute atomic E-state index is 11.8. The van der Waals surface area contributed by atoms with Crippen LogP contribution in [0.25, 0.3) is 0 Å². The molecule has 0 aliphatic rings. The van der Waals surface area contributed by atoms with Gasteiger partial charge in [-0.1, -0.05) is 0 Å². The first kappa shape index (κ1) is 17.3. The fourth-order valence-corrected chi connectivity index (χ4v) is 2.33. The topological polar surface area (TPSA) is 104 Å². The number of hydrogen-bond acceptors (Lipinski definition) is 5. The van der Waals surface area contributed by atoms with Gasteiger partial charge in [0.05, 0.1) is 12.1 Å². The monoisotopic (exact) mass is 311 g/mol. The molecule has 0 heterocycles. The van der Waals surface area contributed by atoms with Crippen molar-refractivity contribution in [3.8, 4) is 0 Å². The first-order valence-electron chi connectivity index (χ1n) is 6.46. The zero-order valence-electron chi connectivity index (χ0n) is 12.2. The van der Waals surface area contributed by atoms with Gasteiger partial charge in [-0.25, -0.2) is 0 Å². The Labute approximate surface area is 128 Å². The average molecular weight is 311 g/mol. The van der Waals surface area contributed by atoms with Gasteiger partial charge < -0.3 is 21.5 Å². The van der Waals surface area contributed by atoms with Crippen LogP contribution in [0.5, 0.6) is 0 Å². The first-order valence-corrected chi connectivity index (χ1v) is 7.85. The Morgan fingerprint density at radius 1 is 1.29 bits per heavy atom. The van der Waals surface area contributed by atoms with Gasteiger partial charge in [0.15, 0.2) is 0 Å². The molecular weight excluding hydrogens is 290 g/mol. The van der Waals surface area contributed by atoms with Crippen molar-refractivity contribution in [2.24, 2.45) is 0 Å². The highest BCUT2D eigenvalue weighted by Crippen LogP contribution is 2.08. The van der Waals surface area contributed by atoms with E-state index in [4.69, 9.17) is 5.73 Å². The van der Waals surface area contributed by atoms with Crippen LogP contribution in [0.1, 0.15) is 17.3 Å². The number of hydrogen-bond donors (Lipinski definition) is 4. The Morgan fingerprint density at radius 2 is 1.90 bits per heavy atom. The molecular formula is C14H21N3O3S. The van der Waals surface area contributed by atoms with Crippen molar-refractivity contribution in [2.45, 2.75) is 12.5 Å². The van der Waals surface area contributed by atoms with Crippen LogP contribution in [0, 0.1) is 0 Å². The molecule has 1 atom stereocenters. The molecule has 0 saturated heterocycles. The fraction of sp³-hybridized carbons (Fsp3) is 0.429. The van der Waals surface area contributed by atoms with Gasteiger partial charge in [0, 0.05) is 23.5 Å². The van der Waals surface area contributed by atoms with Crippen LogP contribution in [0.2, 0.25) is 0 Å². The average Bonchev–Trinajstić information content (AvgIpc) is 2.43. The van der Waals surface area contributed by atoms with Crippen LogP contribution in [0.4, 0.5) is 5.69 Å². The second-order valence-corrected chi connectivity index (χ2v) is 5.88. The van der Waals surface area contributed by atoms with Crippen LogP contribution in [0.3, 0.4) is 0 Å². The highest BCUT2D eigenvalue weighted by atomic mass is 32.2. The number of anilines is 1. The van der Waals surface area contributed by atoms with Gasteiger partial charge in [-0.15, -0.1) is 0 Å². The number of nitrogen functional groups attached to an aromatic ring is 1.